The lowest BCUT2D eigenvalue weighted by molar-refractivity contribution is -0.392. The monoisotopic (exact) mass is 311 g/mol. The Morgan fingerprint density at radius 1 is 1.23 bits per heavy atom. The van der Waals surface area contributed by atoms with Crippen molar-refractivity contribution in [3.05, 3.63) is 57.0 Å². The quantitative estimate of drug-likeness (QED) is 0.639. The number of hydrogen-bond acceptors (Lipinski definition) is 3. The number of benzene rings is 1. The summed E-state index contributed by atoms with van der Waals surface area (Å²) >= 11 is 0. The molecular weight excluding hydrogens is 299 g/mol. The van der Waals surface area contributed by atoms with E-state index >= 15 is 0 Å². The molecule has 2 rings (SSSR count). The zero-order valence-electron chi connectivity index (χ0n) is 11.8. The first-order valence-corrected chi connectivity index (χ1v) is 6.23. The van der Waals surface area contributed by atoms with Gasteiger partial charge < -0.3 is 10.1 Å². The molecule has 0 saturated carbocycles. The maximum absolute atomic E-state index is 12.5. The molecule has 0 spiro atoms. The average Bonchev–Trinajstić information content (AvgIpc) is 2.71. The van der Waals surface area contributed by atoms with Crippen molar-refractivity contribution < 1.29 is 18.1 Å². The first kappa shape index (κ1) is 15.7. The van der Waals surface area contributed by atoms with Gasteiger partial charge in [-0.25, -0.2) is 9.55 Å². The van der Waals surface area contributed by atoms with Gasteiger partial charge >= 0.3 is 12.0 Å². The standard InChI is InChI=1S/C14H12F3N3O2/c1-9-18-12(13(19(9)2)20(21)22)8-5-10-3-6-11(7-4-10)14(15,16)17/h3-8H,1-2H3/b8-5+. The number of halogens is 3. The minimum atomic E-state index is -4.39. The maximum atomic E-state index is 12.5. The highest BCUT2D eigenvalue weighted by Gasteiger charge is 2.29. The van der Waals surface area contributed by atoms with E-state index in [0.29, 0.717) is 11.4 Å². The molecular formula is C14H12F3N3O2. The summed E-state index contributed by atoms with van der Waals surface area (Å²) in [7, 11) is 1.52. The van der Waals surface area contributed by atoms with Crippen molar-refractivity contribution in [3.8, 4) is 0 Å². The Kier molecular flexibility index (Phi) is 4.03. The highest BCUT2D eigenvalue weighted by molar-refractivity contribution is 5.71. The third-order valence-corrected chi connectivity index (χ3v) is 3.16. The first-order valence-electron chi connectivity index (χ1n) is 6.23. The normalized spacial score (nSPS) is 12.0. The molecule has 0 amide bonds. The summed E-state index contributed by atoms with van der Waals surface area (Å²) in [5.41, 5.74) is -0.0974. The van der Waals surface area contributed by atoms with Crippen molar-refractivity contribution >= 4 is 18.0 Å². The fraction of sp³-hybridized carbons (Fsp3) is 0.214. The van der Waals surface area contributed by atoms with Crippen LogP contribution in [0.5, 0.6) is 0 Å². The molecule has 1 aromatic heterocycles. The second kappa shape index (κ2) is 5.63. The summed E-state index contributed by atoms with van der Waals surface area (Å²) in [6.07, 6.45) is -1.50. The summed E-state index contributed by atoms with van der Waals surface area (Å²) in [6.45, 7) is 1.63. The smallest absolute Gasteiger partial charge is 0.358 e. The van der Waals surface area contributed by atoms with E-state index in [-0.39, 0.29) is 11.5 Å². The topological polar surface area (TPSA) is 61.0 Å². The fourth-order valence-corrected chi connectivity index (χ4v) is 1.91. The van der Waals surface area contributed by atoms with Crippen molar-refractivity contribution in [1.29, 1.82) is 0 Å². The van der Waals surface area contributed by atoms with Crippen molar-refractivity contribution in [3.63, 3.8) is 0 Å². The van der Waals surface area contributed by atoms with Gasteiger partial charge in [0.2, 0.25) is 0 Å². The van der Waals surface area contributed by atoms with Crippen molar-refractivity contribution in [2.75, 3.05) is 0 Å². The van der Waals surface area contributed by atoms with Crippen LogP contribution in [0, 0.1) is 17.0 Å². The Labute approximate surface area is 123 Å². The minimum absolute atomic E-state index is 0.157. The molecule has 116 valence electrons. The van der Waals surface area contributed by atoms with Gasteiger partial charge in [-0.05, 0) is 28.7 Å². The third-order valence-electron chi connectivity index (χ3n) is 3.16. The predicted molar refractivity (Wildman–Crippen MR) is 75.0 cm³/mol. The Morgan fingerprint density at radius 2 is 1.82 bits per heavy atom. The Morgan fingerprint density at radius 3 is 2.32 bits per heavy atom. The molecule has 0 saturated heterocycles. The first-order chi connectivity index (χ1) is 10.2. The second-order valence-electron chi connectivity index (χ2n) is 4.64. The minimum Gasteiger partial charge on any atom is -0.358 e. The van der Waals surface area contributed by atoms with Crippen LogP contribution in [0.25, 0.3) is 12.2 Å². The molecule has 0 atom stereocenters. The summed E-state index contributed by atoms with van der Waals surface area (Å²) in [5.74, 6) is 0.305. The van der Waals surface area contributed by atoms with Crippen LogP contribution in [-0.2, 0) is 13.2 Å². The fourth-order valence-electron chi connectivity index (χ4n) is 1.91. The number of nitrogens with zero attached hydrogens (tertiary/aromatic N) is 3. The van der Waals surface area contributed by atoms with Gasteiger partial charge in [0.15, 0.2) is 11.5 Å². The van der Waals surface area contributed by atoms with Crippen molar-refractivity contribution in [2.45, 2.75) is 13.1 Å². The number of aromatic nitrogens is 2. The number of rotatable bonds is 3. The van der Waals surface area contributed by atoms with Gasteiger partial charge in [0.25, 0.3) is 0 Å². The number of nitro groups is 1. The van der Waals surface area contributed by atoms with E-state index in [9.17, 15) is 23.3 Å². The molecule has 2 aromatic rings. The van der Waals surface area contributed by atoms with Crippen LogP contribution >= 0.6 is 0 Å². The highest BCUT2D eigenvalue weighted by atomic mass is 19.4. The zero-order chi connectivity index (χ0) is 16.5. The zero-order valence-corrected chi connectivity index (χ0v) is 11.8. The lowest BCUT2D eigenvalue weighted by Crippen LogP contribution is -2.03. The molecule has 0 unspecified atom stereocenters. The van der Waals surface area contributed by atoms with Crippen molar-refractivity contribution in [2.24, 2.45) is 7.05 Å². The molecule has 0 radical (unpaired) electrons. The van der Waals surface area contributed by atoms with E-state index in [1.54, 1.807) is 6.92 Å². The van der Waals surface area contributed by atoms with E-state index in [0.717, 1.165) is 12.1 Å². The second-order valence-corrected chi connectivity index (χ2v) is 4.64. The average molecular weight is 311 g/mol. The lowest BCUT2D eigenvalue weighted by atomic mass is 10.1. The van der Waals surface area contributed by atoms with Gasteiger partial charge in [0.05, 0.1) is 12.6 Å². The van der Waals surface area contributed by atoms with Crippen molar-refractivity contribution in [1.82, 2.24) is 9.55 Å². The van der Waals surface area contributed by atoms with E-state index in [1.165, 1.54) is 35.9 Å². The molecule has 1 heterocycles. The molecule has 0 bridgehead atoms. The highest BCUT2D eigenvalue weighted by Crippen LogP contribution is 2.29. The summed E-state index contributed by atoms with van der Waals surface area (Å²) in [4.78, 5) is 14.5. The number of imidazole rings is 1. The van der Waals surface area contributed by atoms with Crippen LogP contribution < -0.4 is 0 Å². The summed E-state index contributed by atoms with van der Waals surface area (Å²) in [6, 6.07) is 4.50. The van der Waals surface area contributed by atoms with Gasteiger partial charge in [-0.15, -0.1) is 0 Å². The number of hydrogen-bond donors (Lipinski definition) is 0. The van der Waals surface area contributed by atoms with E-state index in [2.05, 4.69) is 4.98 Å². The van der Waals surface area contributed by atoms with Crippen LogP contribution in [0.15, 0.2) is 24.3 Å². The Hall–Kier alpha value is -2.64. The molecule has 0 N–H and O–H groups in total. The number of aryl methyl sites for hydroxylation is 1. The molecule has 0 aliphatic rings. The predicted octanol–water partition coefficient (Wildman–Crippen LogP) is 3.83. The lowest BCUT2D eigenvalue weighted by Gasteiger charge is -2.05. The van der Waals surface area contributed by atoms with Crippen LogP contribution in [0.4, 0.5) is 19.0 Å². The van der Waals surface area contributed by atoms with E-state index < -0.39 is 16.7 Å². The van der Waals surface area contributed by atoms with Crippen LogP contribution in [-0.4, -0.2) is 14.5 Å². The van der Waals surface area contributed by atoms with Gasteiger partial charge in [0.1, 0.15) is 0 Å². The van der Waals surface area contributed by atoms with E-state index in [1.807, 2.05) is 0 Å². The summed E-state index contributed by atoms with van der Waals surface area (Å²) < 4.78 is 38.7. The Bertz CT molecular complexity index is 731. The molecule has 5 nitrogen and oxygen atoms in total. The molecule has 0 aliphatic heterocycles. The largest absolute Gasteiger partial charge is 0.416 e. The maximum Gasteiger partial charge on any atom is 0.416 e. The van der Waals surface area contributed by atoms with Gasteiger partial charge in [0, 0.05) is 6.92 Å². The van der Waals surface area contributed by atoms with Gasteiger partial charge in [-0.1, -0.05) is 18.2 Å². The SMILES string of the molecule is Cc1nc(/C=C/c2ccc(C(F)(F)F)cc2)c([N+](=O)[O-])n1C. The van der Waals surface area contributed by atoms with Crippen LogP contribution in [0.2, 0.25) is 0 Å². The summed E-state index contributed by atoms with van der Waals surface area (Å²) in [5, 5.41) is 11.0. The molecule has 0 aliphatic carbocycles. The Balaban J connectivity index is 2.30. The van der Waals surface area contributed by atoms with Gasteiger partial charge in [-0.2, -0.15) is 13.2 Å². The van der Waals surface area contributed by atoms with Gasteiger partial charge in [-0.3, -0.25) is 0 Å². The molecule has 1 aromatic carbocycles. The van der Waals surface area contributed by atoms with E-state index in [4.69, 9.17) is 0 Å². The van der Waals surface area contributed by atoms with Crippen LogP contribution in [0.1, 0.15) is 22.6 Å². The van der Waals surface area contributed by atoms with Crippen LogP contribution in [0.3, 0.4) is 0 Å². The molecule has 0 fully saturated rings. The molecule has 22 heavy (non-hydrogen) atoms. The third kappa shape index (κ3) is 3.16. The number of alkyl halides is 3. The molecule has 8 heteroatoms.